The normalized spacial score (nSPS) is 12.9. The van der Waals surface area contributed by atoms with Crippen LogP contribution in [0.15, 0.2) is 85.1 Å². The molecule has 1 unspecified atom stereocenters. The van der Waals surface area contributed by atoms with Crippen LogP contribution in [0.3, 0.4) is 0 Å². The zero-order chi connectivity index (χ0) is 40.1. The molecule has 0 aliphatic heterocycles. The predicted octanol–water partition coefficient (Wildman–Crippen LogP) is 14.1. The van der Waals surface area contributed by atoms with Gasteiger partial charge in [-0.3, -0.25) is 14.4 Å². The van der Waals surface area contributed by atoms with Crippen molar-refractivity contribution in [2.45, 2.75) is 194 Å². The first-order chi connectivity index (χ1) is 27.0. The molecule has 55 heavy (non-hydrogen) atoms. The van der Waals surface area contributed by atoms with Gasteiger partial charge in [-0.2, -0.15) is 0 Å². The topological polar surface area (TPSA) is 78.9 Å². The van der Waals surface area contributed by atoms with Crippen molar-refractivity contribution in [3.8, 4) is 0 Å². The molecule has 0 aromatic carbocycles. The van der Waals surface area contributed by atoms with Crippen LogP contribution in [0.4, 0.5) is 0 Å². The Morgan fingerprint density at radius 3 is 1.24 bits per heavy atom. The summed E-state index contributed by atoms with van der Waals surface area (Å²) in [6.07, 6.45) is 54.4. The number of unbranched alkanes of at least 4 members (excludes halogenated alkanes) is 13. The highest BCUT2D eigenvalue weighted by atomic mass is 16.6. The summed E-state index contributed by atoms with van der Waals surface area (Å²) in [5.41, 5.74) is 0. The van der Waals surface area contributed by atoms with Crippen LogP contribution in [0.2, 0.25) is 0 Å². The standard InChI is InChI=1S/C49H80O6/c1-4-7-10-13-16-19-21-23-24-25-26-28-30-33-36-39-42-48(51)54-45-46(44-53-47(50)41-38-35-32-29-18-15-12-9-6-3)55-49(52)43-40-37-34-31-27-22-20-17-14-11-8-5-2/h7-8,10-11,16-17,19-20,23-24,27,29,31-32,46H,4-6,9,12-15,18,21-22,25-26,28,30,33-45H2,1-3H3/b10-7-,11-8-,19-16-,20-17-,24-23-,31-27-,32-29-. The second kappa shape index (κ2) is 43.3. The fourth-order valence-electron chi connectivity index (χ4n) is 5.59. The highest BCUT2D eigenvalue weighted by Gasteiger charge is 2.19. The van der Waals surface area contributed by atoms with E-state index in [2.05, 4.69) is 106 Å². The van der Waals surface area contributed by atoms with E-state index in [0.29, 0.717) is 25.7 Å². The van der Waals surface area contributed by atoms with Crippen LogP contribution >= 0.6 is 0 Å². The average molecular weight is 765 g/mol. The molecule has 312 valence electrons. The number of hydrogen-bond donors (Lipinski definition) is 0. The lowest BCUT2D eigenvalue weighted by Gasteiger charge is -2.18. The Hall–Kier alpha value is -3.41. The van der Waals surface area contributed by atoms with Crippen molar-refractivity contribution in [2.75, 3.05) is 13.2 Å². The first kappa shape index (κ1) is 51.6. The molecule has 1 atom stereocenters. The van der Waals surface area contributed by atoms with Crippen LogP contribution in [-0.2, 0) is 28.6 Å². The summed E-state index contributed by atoms with van der Waals surface area (Å²) < 4.78 is 16.6. The molecule has 0 aliphatic carbocycles. The Morgan fingerprint density at radius 2 is 0.727 bits per heavy atom. The molecule has 0 aromatic heterocycles. The maximum atomic E-state index is 12.7. The van der Waals surface area contributed by atoms with Crippen molar-refractivity contribution < 1.29 is 28.6 Å². The summed E-state index contributed by atoms with van der Waals surface area (Å²) in [5, 5.41) is 0. The minimum Gasteiger partial charge on any atom is -0.462 e. The van der Waals surface area contributed by atoms with Gasteiger partial charge in [-0.25, -0.2) is 0 Å². The van der Waals surface area contributed by atoms with E-state index < -0.39 is 6.10 Å². The van der Waals surface area contributed by atoms with E-state index in [-0.39, 0.29) is 37.5 Å². The number of rotatable bonds is 38. The monoisotopic (exact) mass is 765 g/mol. The van der Waals surface area contributed by atoms with Crippen LogP contribution in [0.25, 0.3) is 0 Å². The van der Waals surface area contributed by atoms with Crippen molar-refractivity contribution in [1.29, 1.82) is 0 Å². The summed E-state index contributed by atoms with van der Waals surface area (Å²) in [7, 11) is 0. The summed E-state index contributed by atoms with van der Waals surface area (Å²) in [6, 6.07) is 0. The van der Waals surface area contributed by atoms with E-state index in [1.54, 1.807) is 0 Å². The van der Waals surface area contributed by atoms with Crippen molar-refractivity contribution in [3.63, 3.8) is 0 Å². The summed E-state index contributed by atoms with van der Waals surface area (Å²) >= 11 is 0. The Bertz CT molecular complexity index is 1110. The Balaban J connectivity index is 4.46. The van der Waals surface area contributed by atoms with Gasteiger partial charge in [0.1, 0.15) is 13.2 Å². The van der Waals surface area contributed by atoms with E-state index in [4.69, 9.17) is 14.2 Å². The van der Waals surface area contributed by atoms with Crippen molar-refractivity contribution >= 4 is 17.9 Å². The molecule has 0 saturated heterocycles. The number of allylic oxidation sites excluding steroid dienone is 14. The number of hydrogen-bond acceptors (Lipinski definition) is 6. The maximum Gasteiger partial charge on any atom is 0.306 e. The Labute approximate surface area is 337 Å². The smallest absolute Gasteiger partial charge is 0.306 e. The molecule has 0 amide bonds. The summed E-state index contributed by atoms with van der Waals surface area (Å²) in [5.74, 6) is -1.01. The second-order valence-corrected chi connectivity index (χ2v) is 14.2. The molecule has 0 aliphatic rings. The van der Waals surface area contributed by atoms with Gasteiger partial charge in [-0.05, 0) is 103 Å². The minimum atomic E-state index is -0.810. The predicted molar refractivity (Wildman–Crippen MR) is 233 cm³/mol. The Morgan fingerprint density at radius 1 is 0.382 bits per heavy atom. The van der Waals surface area contributed by atoms with Gasteiger partial charge in [-0.15, -0.1) is 0 Å². The van der Waals surface area contributed by atoms with Crippen LogP contribution in [0.5, 0.6) is 0 Å². The molecule has 0 N–H and O–H groups in total. The lowest BCUT2D eigenvalue weighted by Crippen LogP contribution is -2.30. The van der Waals surface area contributed by atoms with Gasteiger partial charge >= 0.3 is 17.9 Å². The molecule has 6 nitrogen and oxygen atoms in total. The molecule has 0 rings (SSSR count). The number of carbonyl (C=O) groups excluding carboxylic acids is 3. The largest absolute Gasteiger partial charge is 0.462 e. The molecular formula is C49H80O6. The molecule has 0 spiro atoms. The summed E-state index contributed by atoms with van der Waals surface area (Å²) in [4.78, 5) is 37.6. The quantitative estimate of drug-likeness (QED) is 0.0270. The van der Waals surface area contributed by atoms with Gasteiger partial charge in [0, 0.05) is 19.3 Å². The minimum absolute atomic E-state index is 0.109. The fraction of sp³-hybridized carbons (Fsp3) is 0.653. The number of carbonyl (C=O) groups is 3. The summed E-state index contributed by atoms with van der Waals surface area (Å²) in [6.45, 7) is 6.27. The lowest BCUT2D eigenvalue weighted by atomic mass is 10.1. The van der Waals surface area contributed by atoms with Gasteiger partial charge < -0.3 is 14.2 Å². The SMILES string of the molecule is CC/C=C\C/C=C\C/C=C\CCCCCCCCC(=O)OCC(COC(=O)CCC/C=C\CCCCCC)OC(=O)CCCC/C=C\C/C=C\C/C=C\CC. The maximum absolute atomic E-state index is 12.7. The van der Waals surface area contributed by atoms with E-state index in [9.17, 15) is 14.4 Å². The highest BCUT2D eigenvalue weighted by molar-refractivity contribution is 5.71. The number of esters is 3. The van der Waals surface area contributed by atoms with E-state index in [0.717, 1.165) is 96.3 Å². The van der Waals surface area contributed by atoms with E-state index in [1.807, 2.05) is 0 Å². The third kappa shape index (κ3) is 41.6. The molecule has 0 heterocycles. The highest BCUT2D eigenvalue weighted by Crippen LogP contribution is 2.12. The van der Waals surface area contributed by atoms with Crippen molar-refractivity contribution in [2.24, 2.45) is 0 Å². The zero-order valence-corrected chi connectivity index (χ0v) is 35.4. The van der Waals surface area contributed by atoms with Gasteiger partial charge in [0.2, 0.25) is 0 Å². The Kier molecular flexibility index (Phi) is 40.6. The van der Waals surface area contributed by atoms with E-state index in [1.165, 1.54) is 38.5 Å². The molecule has 0 aromatic rings. The molecule has 0 bridgehead atoms. The molecule has 0 fully saturated rings. The van der Waals surface area contributed by atoms with Crippen LogP contribution in [0.1, 0.15) is 188 Å². The molecule has 6 heteroatoms. The molecule has 0 radical (unpaired) electrons. The van der Waals surface area contributed by atoms with Crippen LogP contribution in [-0.4, -0.2) is 37.2 Å². The van der Waals surface area contributed by atoms with Gasteiger partial charge in [0.25, 0.3) is 0 Å². The van der Waals surface area contributed by atoms with Gasteiger partial charge in [0.15, 0.2) is 6.10 Å². The third-order valence-corrected chi connectivity index (χ3v) is 8.86. The van der Waals surface area contributed by atoms with E-state index >= 15 is 0 Å². The van der Waals surface area contributed by atoms with Crippen LogP contribution < -0.4 is 0 Å². The lowest BCUT2D eigenvalue weighted by molar-refractivity contribution is -0.167. The number of ether oxygens (including phenoxy) is 3. The van der Waals surface area contributed by atoms with Crippen molar-refractivity contribution in [3.05, 3.63) is 85.1 Å². The first-order valence-corrected chi connectivity index (χ1v) is 22.1. The molecule has 0 saturated carbocycles. The van der Waals surface area contributed by atoms with Gasteiger partial charge in [0.05, 0.1) is 0 Å². The first-order valence-electron chi connectivity index (χ1n) is 22.1. The zero-order valence-electron chi connectivity index (χ0n) is 35.4. The van der Waals surface area contributed by atoms with Crippen molar-refractivity contribution in [1.82, 2.24) is 0 Å². The fourth-order valence-corrected chi connectivity index (χ4v) is 5.59. The molecular weight excluding hydrogens is 685 g/mol. The average Bonchev–Trinajstić information content (AvgIpc) is 3.18. The van der Waals surface area contributed by atoms with Crippen LogP contribution in [0, 0.1) is 0 Å². The van der Waals surface area contributed by atoms with Gasteiger partial charge in [-0.1, -0.05) is 151 Å². The second-order valence-electron chi connectivity index (χ2n) is 14.2. The third-order valence-electron chi connectivity index (χ3n) is 8.86.